The highest BCUT2D eigenvalue weighted by molar-refractivity contribution is 5.73. The second-order valence-electron chi connectivity index (χ2n) is 5.16. The molecule has 0 amide bonds. The van der Waals surface area contributed by atoms with Gasteiger partial charge in [-0.15, -0.1) is 12.3 Å². The van der Waals surface area contributed by atoms with Gasteiger partial charge in [-0.25, -0.2) is 0 Å². The highest BCUT2D eigenvalue weighted by Crippen LogP contribution is 2.15. The van der Waals surface area contributed by atoms with Gasteiger partial charge in [0.2, 0.25) is 0 Å². The smallest absolute Gasteiger partial charge is 0.310 e. The van der Waals surface area contributed by atoms with E-state index in [4.69, 9.17) is 11.2 Å². The van der Waals surface area contributed by atoms with E-state index in [0.29, 0.717) is 19.4 Å². The van der Waals surface area contributed by atoms with Gasteiger partial charge in [0, 0.05) is 6.42 Å². The summed E-state index contributed by atoms with van der Waals surface area (Å²) in [5.74, 6) is 2.44. The normalized spacial score (nSPS) is 10.0. The molecule has 2 heteroatoms. The topological polar surface area (TPSA) is 26.3 Å². The predicted molar refractivity (Wildman–Crippen MR) is 88.3 cm³/mol. The molecule has 0 bridgehead atoms. The minimum atomic E-state index is -0.205. The number of carbonyl (C=O) groups excluding carboxylic acids is 1. The van der Waals surface area contributed by atoms with Crippen molar-refractivity contribution in [2.75, 3.05) is 0 Å². The van der Waals surface area contributed by atoms with Crippen LogP contribution in [0.1, 0.15) is 29.2 Å². The summed E-state index contributed by atoms with van der Waals surface area (Å²) in [6.45, 7) is 2.39. The van der Waals surface area contributed by atoms with Crippen LogP contribution in [0.25, 0.3) is 0 Å². The molecule has 0 unspecified atom stereocenters. The number of carbonyl (C=O) groups is 1. The molecule has 0 fully saturated rings. The summed E-state index contributed by atoms with van der Waals surface area (Å²) in [4.78, 5) is 12.0. The maximum atomic E-state index is 12.0. The number of benzene rings is 2. The van der Waals surface area contributed by atoms with E-state index >= 15 is 0 Å². The van der Waals surface area contributed by atoms with Crippen LogP contribution >= 0.6 is 0 Å². The first-order valence-electron chi connectivity index (χ1n) is 7.46. The summed E-state index contributed by atoms with van der Waals surface area (Å²) in [5, 5.41) is 0. The Kier molecular flexibility index (Phi) is 5.80. The number of rotatable bonds is 6. The van der Waals surface area contributed by atoms with Crippen LogP contribution in [0.4, 0.5) is 0 Å². The zero-order chi connectivity index (χ0) is 15.8. The summed E-state index contributed by atoms with van der Waals surface area (Å²) < 4.78 is 5.34. The molecule has 0 heterocycles. The van der Waals surface area contributed by atoms with Crippen LogP contribution in [0.3, 0.4) is 0 Å². The fourth-order valence-corrected chi connectivity index (χ4v) is 2.35. The molecule has 0 aliphatic rings. The zero-order valence-electron chi connectivity index (χ0n) is 12.8. The second-order valence-corrected chi connectivity index (χ2v) is 5.16. The molecule has 0 N–H and O–H groups in total. The van der Waals surface area contributed by atoms with Crippen molar-refractivity contribution in [3.8, 4) is 12.3 Å². The van der Waals surface area contributed by atoms with Gasteiger partial charge in [-0.2, -0.15) is 0 Å². The first-order chi connectivity index (χ1) is 10.7. The molecule has 0 aliphatic carbocycles. The number of aryl methyl sites for hydroxylation is 1. The Morgan fingerprint density at radius 3 is 2.55 bits per heavy atom. The molecule has 2 aromatic rings. The van der Waals surface area contributed by atoms with E-state index in [1.54, 1.807) is 0 Å². The van der Waals surface area contributed by atoms with Crippen molar-refractivity contribution >= 4 is 5.97 Å². The average molecular weight is 292 g/mol. The summed E-state index contributed by atoms with van der Waals surface area (Å²) in [7, 11) is 0. The van der Waals surface area contributed by atoms with Gasteiger partial charge in [-0.3, -0.25) is 4.79 Å². The standard InChI is InChI=1S/C20H20O2/c1-3-8-16-11-12-19(18(4-2)13-16)14-20(21)22-15-17-9-6-5-7-10-17/h1,5-7,9-13H,4,8,14-15H2,2H3. The first kappa shape index (κ1) is 15.9. The quantitative estimate of drug-likeness (QED) is 0.599. The first-order valence-corrected chi connectivity index (χ1v) is 7.46. The van der Waals surface area contributed by atoms with E-state index in [9.17, 15) is 4.79 Å². The Labute approximate surface area is 132 Å². The van der Waals surface area contributed by atoms with E-state index in [0.717, 1.165) is 28.7 Å². The van der Waals surface area contributed by atoms with Crippen LogP contribution in [-0.4, -0.2) is 5.97 Å². The Bertz CT molecular complexity index is 666. The van der Waals surface area contributed by atoms with Gasteiger partial charge < -0.3 is 4.74 Å². The number of esters is 1. The summed E-state index contributed by atoms with van der Waals surface area (Å²) in [6.07, 6.45) is 7.13. The predicted octanol–water partition coefficient (Wildman–Crippen LogP) is 3.71. The number of terminal acetylenes is 1. The summed E-state index contributed by atoms with van der Waals surface area (Å²) in [5.41, 5.74) is 4.28. The van der Waals surface area contributed by atoms with E-state index in [1.807, 2.05) is 42.5 Å². The molecule has 0 spiro atoms. The van der Waals surface area contributed by atoms with Gasteiger partial charge in [0.1, 0.15) is 6.61 Å². The lowest BCUT2D eigenvalue weighted by Crippen LogP contribution is -2.09. The minimum absolute atomic E-state index is 0.205. The molecule has 0 aliphatic heterocycles. The van der Waals surface area contributed by atoms with E-state index in [1.165, 1.54) is 0 Å². The molecule has 0 saturated carbocycles. The monoisotopic (exact) mass is 292 g/mol. The summed E-state index contributed by atoms with van der Waals surface area (Å²) in [6, 6.07) is 15.7. The molecule has 2 nitrogen and oxygen atoms in total. The van der Waals surface area contributed by atoms with Crippen LogP contribution < -0.4 is 0 Å². The van der Waals surface area contributed by atoms with Crippen molar-refractivity contribution in [2.24, 2.45) is 0 Å². The van der Waals surface area contributed by atoms with Gasteiger partial charge >= 0.3 is 5.97 Å². The third-order valence-electron chi connectivity index (χ3n) is 3.54. The van der Waals surface area contributed by atoms with Crippen molar-refractivity contribution in [1.29, 1.82) is 0 Å². The Morgan fingerprint density at radius 2 is 1.86 bits per heavy atom. The van der Waals surface area contributed by atoms with Crippen LogP contribution in [0.2, 0.25) is 0 Å². The lowest BCUT2D eigenvalue weighted by atomic mass is 9.98. The maximum Gasteiger partial charge on any atom is 0.310 e. The second kappa shape index (κ2) is 8.05. The third kappa shape index (κ3) is 4.49. The average Bonchev–Trinajstić information content (AvgIpc) is 2.55. The van der Waals surface area contributed by atoms with Crippen LogP contribution in [0.5, 0.6) is 0 Å². The number of hydrogen-bond acceptors (Lipinski definition) is 2. The summed E-state index contributed by atoms with van der Waals surface area (Å²) >= 11 is 0. The SMILES string of the molecule is C#CCc1ccc(CC(=O)OCc2ccccc2)c(CC)c1. The van der Waals surface area contributed by atoms with E-state index in [-0.39, 0.29) is 5.97 Å². The van der Waals surface area contributed by atoms with E-state index < -0.39 is 0 Å². The Balaban J connectivity index is 1.97. The molecule has 0 aromatic heterocycles. The minimum Gasteiger partial charge on any atom is -0.461 e. The maximum absolute atomic E-state index is 12.0. The molecule has 2 aromatic carbocycles. The molecule has 2 rings (SSSR count). The van der Waals surface area contributed by atoms with Crippen LogP contribution in [-0.2, 0) is 35.4 Å². The number of hydrogen-bond donors (Lipinski definition) is 0. The van der Waals surface area contributed by atoms with Gasteiger partial charge in [-0.05, 0) is 28.7 Å². The van der Waals surface area contributed by atoms with Gasteiger partial charge in [0.25, 0.3) is 0 Å². The van der Waals surface area contributed by atoms with Gasteiger partial charge in [0.15, 0.2) is 0 Å². The van der Waals surface area contributed by atoms with E-state index in [2.05, 4.69) is 18.9 Å². The fraction of sp³-hybridized carbons (Fsp3) is 0.250. The van der Waals surface area contributed by atoms with Crippen molar-refractivity contribution in [1.82, 2.24) is 0 Å². The van der Waals surface area contributed by atoms with Crippen molar-refractivity contribution in [3.63, 3.8) is 0 Å². The largest absolute Gasteiger partial charge is 0.461 e. The van der Waals surface area contributed by atoms with Crippen LogP contribution in [0.15, 0.2) is 48.5 Å². The van der Waals surface area contributed by atoms with Crippen molar-refractivity contribution < 1.29 is 9.53 Å². The Morgan fingerprint density at radius 1 is 1.09 bits per heavy atom. The van der Waals surface area contributed by atoms with Crippen LogP contribution in [0, 0.1) is 12.3 Å². The molecule has 0 saturated heterocycles. The lowest BCUT2D eigenvalue weighted by Gasteiger charge is -2.10. The van der Waals surface area contributed by atoms with Crippen molar-refractivity contribution in [3.05, 3.63) is 70.8 Å². The fourth-order valence-electron chi connectivity index (χ4n) is 2.35. The number of ether oxygens (including phenoxy) is 1. The van der Waals surface area contributed by atoms with Gasteiger partial charge in [-0.1, -0.05) is 55.5 Å². The van der Waals surface area contributed by atoms with Gasteiger partial charge in [0.05, 0.1) is 6.42 Å². The molecule has 112 valence electrons. The molecular weight excluding hydrogens is 272 g/mol. The molecule has 0 radical (unpaired) electrons. The third-order valence-corrected chi connectivity index (χ3v) is 3.54. The highest BCUT2D eigenvalue weighted by atomic mass is 16.5. The highest BCUT2D eigenvalue weighted by Gasteiger charge is 2.09. The van der Waals surface area contributed by atoms with Crippen molar-refractivity contribution in [2.45, 2.75) is 32.8 Å². The Hall–Kier alpha value is -2.53. The molecule has 0 atom stereocenters. The molecular formula is C20H20O2. The zero-order valence-corrected chi connectivity index (χ0v) is 12.8. The molecule has 22 heavy (non-hydrogen) atoms. The lowest BCUT2D eigenvalue weighted by molar-refractivity contribution is -0.144.